The first kappa shape index (κ1) is 21.6. The number of rotatable bonds is 1. The molecule has 0 saturated heterocycles. The highest BCUT2D eigenvalue weighted by Crippen LogP contribution is 2.29. The first-order valence-corrected chi connectivity index (χ1v) is 10.5. The van der Waals surface area contributed by atoms with Crippen LogP contribution >= 0.6 is 11.8 Å². The van der Waals surface area contributed by atoms with Crippen LogP contribution in [0, 0.1) is 13.8 Å². The predicted octanol–water partition coefficient (Wildman–Crippen LogP) is 0.928. The summed E-state index contributed by atoms with van der Waals surface area (Å²) in [6.45, 7) is 3.98. The van der Waals surface area contributed by atoms with Crippen LogP contribution in [-0.2, 0) is 9.59 Å². The molecule has 1 unspecified atom stereocenters. The van der Waals surface area contributed by atoms with Gasteiger partial charge < -0.3 is 22.1 Å². The van der Waals surface area contributed by atoms with Crippen molar-refractivity contribution < 1.29 is 14.4 Å². The zero-order valence-electron chi connectivity index (χ0n) is 16.8. The number of nitrogens with one attached hydrogen (secondary N) is 2. The highest BCUT2D eigenvalue weighted by atomic mass is 32.2. The lowest BCUT2D eigenvalue weighted by Crippen LogP contribution is -2.46. The third-order valence-corrected chi connectivity index (χ3v) is 5.70. The zero-order chi connectivity index (χ0) is 21.8. The minimum Gasteiger partial charge on any atom is -0.368 e. The van der Waals surface area contributed by atoms with E-state index in [-0.39, 0.29) is 37.1 Å². The molecule has 10 heteroatoms. The van der Waals surface area contributed by atoms with Gasteiger partial charge in [-0.25, -0.2) is 9.97 Å². The van der Waals surface area contributed by atoms with Gasteiger partial charge in [0.1, 0.15) is 11.1 Å². The van der Waals surface area contributed by atoms with E-state index in [1.165, 1.54) is 11.8 Å². The number of benzene rings is 1. The Kier molecular flexibility index (Phi) is 6.56. The lowest BCUT2D eigenvalue weighted by Gasteiger charge is -2.17. The summed E-state index contributed by atoms with van der Waals surface area (Å²) in [7, 11) is 0. The van der Waals surface area contributed by atoms with Crippen molar-refractivity contribution >= 4 is 35.4 Å². The zero-order valence-corrected chi connectivity index (χ0v) is 17.6. The van der Waals surface area contributed by atoms with Crippen LogP contribution in [0.2, 0.25) is 0 Å². The SMILES string of the molecule is Cc1cc(C)c2cc1C(=O)NCCC(C(N)=O)NC(=O)CCSc1cc-2nc(N)n1. The van der Waals surface area contributed by atoms with E-state index >= 15 is 0 Å². The van der Waals surface area contributed by atoms with Gasteiger partial charge in [0.2, 0.25) is 17.8 Å². The Morgan fingerprint density at radius 2 is 1.87 bits per heavy atom. The van der Waals surface area contributed by atoms with E-state index in [0.717, 1.165) is 16.7 Å². The molecule has 3 rings (SSSR count). The average molecular weight is 429 g/mol. The highest BCUT2D eigenvalue weighted by Gasteiger charge is 2.20. The van der Waals surface area contributed by atoms with Crippen molar-refractivity contribution in [3.05, 3.63) is 34.9 Å². The third-order valence-electron chi connectivity index (χ3n) is 4.79. The number of nitrogen functional groups attached to an aromatic ring is 1. The topological polar surface area (TPSA) is 153 Å². The monoisotopic (exact) mass is 428 g/mol. The van der Waals surface area contributed by atoms with Gasteiger partial charge in [-0.2, -0.15) is 0 Å². The van der Waals surface area contributed by atoms with Crippen molar-refractivity contribution in [3.8, 4) is 11.3 Å². The fourth-order valence-corrected chi connectivity index (χ4v) is 4.10. The summed E-state index contributed by atoms with van der Waals surface area (Å²) in [6, 6.07) is 4.64. The van der Waals surface area contributed by atoms with Gasteiger partial charge in [0, 0.05) is 29.8 Å². The highest BCUT2D eigenvalue weighted by molar-refractivity contribution is 7.99. The number of nitrogens with zero attached hydrogens (tertiary/aromatic N) is 2. The molecule has 1 aliphatic heterocycles. The molecule has 0 fully saturated rings. The molecular formula is C20H24N6O3S. The van der Waals surface area contributed by atoms with Crippen LogP contribution in [0.25, 0.3) is 11.3 Å². The Morgan fingerprint density at radius 1 is 1.13 bits per heavy atom. The minimum absolute atomic E-state index is 0.111. The Bertz CT molecular complexity index is 1010. The Labute approximate surface area is 178 Å². The van der Waals surface area contributed by atoms with E-state index in [9.17, 15) is 14.4 Å². The van der Waals surface area contributed by atoms with E-state index in [1.807, 2.05) is 19.9 Å². The van der Waals surface area contributed by atoms with Crippen molar-refractivity contribution in [2.75, 3.05) is 18.0 Å². The fourth-order valence-electron chi connectivity index (χ4n) is 3.25. The van der Waals surface area contributed by atoms with Crippen molar-refractivity contribution in [2.24, 2.45) is 5.73 Å². The number of aryl methyl sites for hydroxylation is 2. The van der Waals surface area contributed by atoms with Crippen molar-refractivity contribution in [3.63, 3.8) is 0 Å². The van der Waals surface area contributed by atoms with E-state index < -0.39 is 11.9 Å². The summed E-state index contributed by atoms with van der Waals surface area (Å²) < 4.78 is 0. The molecule has 0 radical (unpaired) electrons. The predicted molar refractivity (Wildman–Crippen MR) is 115 cm³/mol. The van der Waals surface area contributed by atoms with Crippen LogP contribution in [0.5, 0.6) is 0 Å². The van der Waals surface area contributed by atoms with Crippen LogP contribution in [0.3, 0.4) is 0 Å². The molecule has 2 heterocycles. The Morgan fingerprint density at radius 3 is 2.60 bits per heavy atom. The van der Waals surface area contributed by atoms with Crippen molar-refractivity contribution in [1.82, 2.24) is 20.6 Å². The summed E-state index contributed by atoms with van der Waals surface area (Å²) in [5, 5.41) is 6.03. The molecule has 1 aliphatic rings. The number of thioether (sulfide) groups is 1. The second kappa shape index (κ2) is 9.12. The number of fused-ring (bicyclic) bond motifs is 5. The maximum atomic E-state index is 12.8. The summed E-state index contributed by atoms with van der Waals surface area (Å²) in [4.78, 5) is 45.2. The smallest absolute Gasteiger partial charge is 0.251 e. The molecule has 9 nitrogen and oxygen atoms in total. The van der Waals surface area contributed by atoms with E-state index in [4.69, 9.17) is 11.5 Å². The van der Waals surface area contributed by atoms with Gasteiger partial charge in [0.15, 0.2) is 0 Å². The number of anilines is 1. The number of amides is 3. The second-order valence-corrected chi connectivity index (χ2v) is 8.21. The van der Waals surface area contributed by atoms with Crippen LogP contribution in [-0.4, -0.2) is 46.0 Å². The molecule has 30 heavy (non-hydrogen) atoms. The van der Waals surface area contributed by atoms with E-state index in [1.54, 1.807) is 12.1 Å². The molecule has 1 atom stereocenters. The summed E-state index contributed by atoms with van der Waals surface area (Å²) >= 11 is 1.36. The van der Waals surface area contributed by atoms with Gasteiger partial charge in [-0.1, -0.05) is 6.07 Å². The maximum absolute atomic E-state index is 12.8. The lowest BCUT2D eigenvalue weighted by molar-refractivity contribution is -0.127. The molecule has 3 amide bonds. The number of carbonyl (C=O) groups excluding carboxylic acids is 3. The van der Waals surface area contributed by atoms with Crippen LogP contribution in [0.15, 0.2) is 23.2 Å². The molecular weight excluding hydrogens is 404 g/mol. The van der Waals surface area contributed by atoms with Gasteiger partial charge >= 0.3 is 0 Å². The molecule has 0 spiro atoms. The minimum atomic E-state index is -0.855. The molecule has 0 saturated carbocycles. The van der Waals surface area contributed by atoms with Gasteiger partial charge in [-0.3, -0.25) is 14.4 Å². The van der Waals surface area contributed by atoms with Crippen LogP contribution in [0.1, 0.15) is 34.3 Å². The summed E-state index contributed by atoms with van der Waals surface area (Å²) in [6.07, 6.45) is 0.379. The van der Waals surface area contributed by atoms with Crippen molar-refractivity contribution in [1.29, 1.82) is 0 Å². The third kappa shape index (κ3) is 5.07. The number of carbonyl (C=O) groups is 3. The molecule has 6 N–H and O–H groups in total. The van der Waals surface area contributed by atoms with Crippen LogP contribution in [0.4, 0.5) is 5.95 Å². The average Bonchev–Trinajstić information content (AvgIpc) is 2.65. The van der Waals surface area contributed by atoms with Crippen molar-refractivity contribution in [2.45, 2.75) is 37.8 Å². The number of hydrogen-bond acceptors (Lipinski definition) is 7. The first-order chi connectivity index (χ1) is 14.2. The standard InChI is InChI=1S/C20H24N6O3S/c1-10-7-11(2)13-8-12(10)15-9-17(26-20(22)25-15)30-6-4-16(27)24-14(18(21)28)3-5-23-19(13)29/h7-9,14H,3-6H2,1-2H3,(H2,21,28)(H,23,29)(H,24,27)(H2,22,25,26). The summed E-state index contributed by atoms with van der Waals surface area (Å²) in [5.41, 5.74) is 14.9. The number of hydrogen-bond donors (Lipinski definition) is 4. The Hall–Kier alpha value is -3.14. The van der Waals surface area contributed by atoms with Gasteiger partial charge in [0.25, 0.3) is 5.91 Å². The first-order valence-electron chi connectivity index (χ1n) is 9.50. The van der Waals surface area contributed by atoms with E-state index in [2.05, 4.69) is 20.6 Å². The molecule has 2 aromatic rings. The number of aromatic nitrogens is 2. The second-order valence-electron chi connectivity index (χ2n) is 7.10. The van der Waals surface area contributed by atoms with Gasteiger partial charge in [-0.05, 0) is 43.5 Å². The normalized spacial score (nSPS) is 17.7. The van der Waals surface area contributed by atoms with Gasteiger partial charge in [-0.15, -0.1) is 11.8 Å². The van der Waals surface area contributed by atoms with Gasteiger partial charge in [0.05, 0.1) is 5.69 Å². The number of nitrogens with two attached hydrogens (primary N) is 2. The quantitative estimate of drug-likeness (QED) is 0.493. The van der Waals surface area contributed by atoms with E-state index in [0.29, 0.717) is 22.0 Å². The molecule has 1 aromatic carbocycles. The molecule has 1 aromatic heterocycles. The molecule has 0 aliphatic carbocycles. The fraction of sp³-hybridized carbons (Fsp3) is 0.350. The molecule has 4 bridgehead atoms. The van der Waals surface area contributed by atoms with Crippen LogP contribution < -0.4 is 22.1 Å². The number of primary amides is 1. The lowest BCUT2D eigenvalue weighted by atomic mass is 9.97. The maximum Gasteiger partial charge on any atom is 0.251 e. The molecule has 158 valence electrons. The largest absolute Gasteiger partial charge is 0.368 e. The summed E-state index contributed by atoms with van der Waals surface area (Å²) in [5.74, 6) is -0.674. The Balaban J connectivity index is 2.02.